The zero-order chi connectivity index (χ0) is 23.9. The zero-order valence-corrected chi connectivity index (χ0v) is 18.7. The second kappa shape index (κ2) is 15.1. The molecule has 0 radical (unpaired) electrons. The minimum atomic E-state index is -1.08. The van der Waals surface area contributed by atoms with E-state index in [2.05, 4.69) is 5.32 Å². The highest BCUT2D eigenvalue weighted by Crippen LogP contribution is 2.26. The van der Waals surface area contributed by atoms with Crippen molar-refractivity contribution in [1.82, 2.24) is 5.32 Å². The van der Waals surface area contributed by atoms with Gasteiger partial charge in [0, 0.05) is 26.2 Å². The van der Waals surface area contributed by atoms with Gasteiger partial charge in [0.1, 0.15) is 5.75 Å². The quantitative estimate of drug-likeness (QED) is 0.222. The molecule has 0 saturated heterocycles. The molecule has 0 unspecified atom stereocenters. The van der Waals surface area contributed by atoms with Crippen molar-refractivity contribution < 1.29 is 38.4 Å². The first-order valence-electron chi connectivity index (χ1n) is 10.9. The van der Waals surface area contributed by atoms with Gasteiger partial charge in [-0.2, -0.15) is 0 Å². The molecule has 0 saturated carbocycles. The van der Waals surface area contributed by atoms with Gasteiger partial charge in [0.2, 0.25) is 0 Å². The Balaban J connectivity index is 1.62. The van der Waals surface area contributed by atoms with Crippen LogP contribution in [-0.2, 0) is 35.0 Å². The number of ketones is 1. The molecular weight excluding hydrogens is 432 g/mol. The van der Waals surface area contributed by atoms with E-state index in [1.165, 1.54) is 0 Å². The summed E-state index contributed by atoms with van der Waals surface area (Å²) in [4.78, 5) is 35.4. The molecule has 10 nitrogen and oxygen atoms in total. The number of hydrogen-bond donors (Lipinski definition) is 3. The molecule has 0 fully saturated rings. The summed E-state index contributed by atoms with van der Waals surface area (Å²) in [5.74, 6) is -1.43. The second-order valence-corrected chi connectivity index (χ2v) is 7.29. The van der Waals surface area contributed by atoms with Gasteiger partial charge >= 0.3 is 5.97 Å². The number of Topliss-reactive ketones (excluding diaryl/α,β-unsaturated/α-hetero) is 1. The van der Waals surface area contributed by atoms with E-state index in [4.69, 9.17) is 29.8 Å². The maximum atomic E-state index is 12.4. The number of fused-ring (bicyclic) bond motifs is 1. The van der Waals surface area contributed by atoms with Gasteiger partial charge in [-0.1, -0.05) is 6.07 Å². The molecule has 1 aliphatic rings. The fourth-order valence-electron chi connectivity index (χ4n) is 3.01. The Hall–Kier alpha value is -2.79. The molecule has 182 valence electrons. The predicted molar refractivity (Wildman–Crippen MR) is 120 cm³/mol. The number of hydrogen-bond acceptors (Lipinski definition) is 8. The zero-order valence-electron chi connectivity index (χ0n) is 18.7. The molecule has 1 aromatic rings. The summed E-state index contributed by atoms with van der Waals surface area (Å²) in [5, 5.41) is 11.4. The van der Waals surface area contributed by atoms with E-state index >= 15 is 0 Å². The number of ether oxygens (including phenoxy) is 4. The molecule has 0 spiro atoms. The SMILES string of the molecule is NCCCOCCOCCOCCCNC(=O)C1=Cc2ccc(OCC(=O)O)cc2CC1=O. The Morgan fingerprint density at radius 2 is 1.67 bits per heavy atom. The molecule has 0 aromatic heterocycles. The van der Waals surface area contributed by atoms with Crippen molar-refractivity contribution >= 4 is 23.7 Å². The molecule has 1 amide bonds. The smallest absolute Gasteiger partial charge is 0.341 e. The lowest BCUT2D eigenvalue weighted by molar-refractivity contribution is -0.139. The van der Waals surface area contributed by atoms with Gasteiger partial charge in [0.05, 0.1) is 32.0 Å². The van der Waals surface area contributed by atoms with Crippen LogP contribution in [0.1, 0.15) is 24.0 Å². The number of amides is 1. The third-order valence-corrected chi connectivity index (χ3v) is 4.66. The molecule has 1 aliphatic carbocycles. The number of nitrogens with two attached hydrogens (primary N) is 1. The van der Waals surface area contributed by atoms with E-state index in [1.807, 2.05) is 0 Å². The number of nitrogens with one attached hydrogen (secondary N) is 1. The maximum Gasteiger partial charge on any atom is 0.341 e. The molecule has 1 aromatic carbocycles. The number of carboxylic acids is 1. The van der Waals surface area contributed by atoms with Gasteiger partial charge in [-0.05, 0) is 48.7 Å². The van der Waals surface area contributed by atoms with Crippen LogP contribution in [0.15, 0.2) is 23.8 Å². The van der Waals surface area contributed by atoms with E-state index in [1.54, 1.807) is 24.3 Å². The Labute approximate surface area is 193 Å². The van der Waals surface area contributed by atoms with Gasteiger partial charge < -0.3 is 35.1 Å². The van der Waals surface area contributed by atoms with Crippen LogP contribution in [0.2, 0.25) is 0 Å². The Bertz CT molecular complexity index is 825. The summed E-state index contributed by atoms with van der Waals surface area (Å²) in [6.07, 6.45) is 3.05. The molecule has 0 atom stereocenters. The van der Waals surface area contributed by atoms with Crippen molar-refractivity contribution in [1.29, 1.82) is 0 Å². The van der Waals surface area contributed by atoms with Crippen molar-refractivity contribution in [2.24, 2.45) is 5.73 Å². The van der Waals surface area contributed by atoms with Crippen LogP contribution in [0.25, 0.3) is 6.08 Å². The van der Waals surface area contributed by atoms with Crippen molar-refractivity contribution in [2.45, 2.75) is 19.3 Å². The summed E-state index contributed by atoms with van der Waals surface area (Å²) >= 11 is 0. The number of rotatable bonds is 17. The highest BCUT2D eigenvalue weighted by Gasteiger charge is 2.24. The summed E-state index contributed by atoms with van der Waals surface area (Å²) in [7, 11) is 0. The number of carboxylic acid groups (broad SMARTS) is 1. The molecule has 0 aliphatic heterocycles. The summed E-state index contributed by atoms with van der Waals surface area (Å²) in [6.45, 7) is 3.60. The number of carbonyl (C=O) groups excluding carboxylic acids is 2. The van der Waals surface area contributed by atoms with E-state index in [0.717, 1.165) is 12.0 Å². The molecule has 10 heteroatoms. The van der Waals surface area contributed by atoms with Crippen LogP contribution < -0.4 is 15.8 Å². The van der Waals surface area contributed by atoms with Crippen LogP contribution in [0.5, 0.6) is 5.75 Å². The molecule has 33 heavy (non-hydrogen) atoms. The highest BCUT2D eigenvalue weighted by molar-refractivity contribution is 6.24. The first-order valence-corrected chi connectivity index (χ1v) is 10.9. The van der Waals surface area contributed by atoms with Gasteiger partial charge in [-0.25, -0.2) is 4.79 Å². The third kappa shape index (κ3) is 10.1. The van der Waals surface area contributed by atoms with Crippen LogP contribution in [0, 0.1) is 0 Å². The third-order valence-electron chi connectivity index (χ3n) is 4.66. The van der Waals surface area contributed by atoms with Crippen LogP contribution in [0.4, 0.5) is 0 Å². The summed E-state index contributed by atoms with van der Waals surface area (Å²) < 4.78 is 21.3. The average molecular weight is 465 g/mol. The van der Waals surface area contributed by atoms with Crippen LogP contribution in [0.3, 0.4) is 0 Å². The predicted octanol–water partition coefficient (Wildman–Crippen LogP) is 0.564. The van der Waals surface area contributed by atoms with Crippen LogP contribution >= 0.6 is 0 Å². The average Bonchev–Trinajstić information content (AvgIpc) is 2.80. The summed E-state index contributed by atoms with van der Waals surface area (Å²) in [5.41, 5.74) is 6.90. The standard InChI is InChI=1S/C23H32N2O8/c24-5-1-7-30-9-11-32-12-10-31-8-2-6-25-23(29)20-14-17-3-4-19(33-16-22(27)28)13-18(17)15-21(20)26/h3-4,13-14H,1-2,5-12,15-16,24H2,(H,25,29)(H,27,28). The first kappa shape index (κ1) is 26.5. The molecule has 0 heterocycles. The fraction of sp³-hybridized carbons (Fsp3) is 0.522. The van der Waals surface area contributed by atoms with Gasteiger partial charge in [0.25, 0.3) is 5.91 Å². The van der Waals surface area contributed by atoms with E-state index in [-0.39, 0.29) is 17.8 Å². The fourth-order valence-corrected chi connectivity index (χ4v) is 3.01. The molecule has 0 bridgehead atoms. The van der Waals surface area contributed by atoms with Crippen molar-refractivity contribution in [2.75, 3.05) is 59.3 Å². The number of aliphatic carboxylic acids is 1. The van der Waals surface area contributed by atoms with Gasteiger partial charge in [0.15, 0.2) is 12.4 Å². The largest absolute Gasteiger partial charge is 0.482 e. The highest BCUT2D eigenvalue weighted by atomic mass is 16.5. The molecular formula is C23H32N2O8. The number of benzene rings is 1. The molecule has 2 rings (SSSR count). The second-order valence-electron chi connectivity index (χ2n) is 7.29. The Morgan fingerprint density at radius 1 is 1.00 bits per heavy atom. The van der Waals surface area contributed by atoms with E-state index < -0.39 is 18.5 Å². The Kier molecular flexibility index (Phi) is 12.1. The Morgan fingerprint density at radius 3 is 2.33 bits per heavy atom. The normalized spacial score (nSPS) is 12.8. The minimum Gasteiger partial charge on any atom is -0.482 e. The topological polar surface area (TPSA) is 146 Å². The van der Waals surface area contributed by atoms with E-state index in [0.29, 0.717) is 70.5 Å². The van der Waals surface area contributed by atoms with Gasteiger partial charge in [-0.3, -0.25) is 9.59 Å². The lowest BCUT2D eigenvalue weighted by atomic mass is 9.90. The minimum absolute atomic E-state index is 0.0556. The first-order chi connectivity index (χ1) is 16.0. The number of carbonyl (C=O) groups is 3. The lowest BCUT2D eigenvalue weighted by Crippen LogP contribution is -2.31. The monoisotopic (exact) mass is 464 g/mol. The van der Waals surface area contributed by atoms with Crippen molar-refractivity contribution in [3.05, 3.63) is 34.9 Å². The van der Waals surface area contributed by atoms with Crippen molar-refractivity contribution in [3.63, 3.8) is 0 Å². The maximum absolute atomic E-state index is 12.4. The molecule has 4 N–H and O–H groups in total. The van der Waals surface area contributed by atoms with Gasteiger partial charge in [-0.15, -0.1) is 0 Å². The summed E-state index contributed by atoms with van der Waals surface area (Å²) in [6, 6.07) is 4.94. The van der Waals surface area contributed by atoms with Crippen LogP contribution in [-0.4, -0.2) is 82.1 Å². The van der Waals surface area contributed by atoms with E-state index in [9.17, 15) is 14.4 Å². The lowest BCUT2D eigenvalue weighted by Gasteiger charge is -2.16. The van der Waals surface area contributed by atoms with Crippen molar-refractivity contribution in [3.8, 4) is 5.75 Å².